The van der Waals surface area contributed by atoms with Gasteiger partial charge in [-0.25, -0.2) is 0 Å². The summed E-state index contributed by atoms with van der Waals surface area (Å²) in [4.78, 5) is 11.6. The fourth-order valence-corrected chi connectivity index (χ4v) is 4.73. The van der Waals surface area contributed by atoms with E-state index in [9.17, 15) is 4.79 Å². The summed E-state index contributed by atoms with van der Waals surface area (Å²) >= 11 is 0. The van der Waals surface area contributed by atoms with E-state index in [-0.39, 0.29) is 22.2 Å². The summed E-state index contributed by atoms with van der Waals surface area (Å²) in [5, 5.41) is 0. The first-order valence-electron chi connectivity index (χ1n) is 9.37. The van der Waals surface area contributed by atoms with Gasteiger partial charge in [0.2, 0.25) is 0 Å². The van der Waals surface area contributed by atoms with Crippen LogP contribution in [0.5, 0.6) is 0 Å². The van der Waals surface area contributed by atoms with Crippen LogP contribution in [0.1, 0.15) is 71.1 Å². The maximum atomic E-state index is 11.6. The van der Waals surface area contributed by atoms with Crippen molar-refractivity contribution in [3.63, 3.8) is 0 Å². The van der Waals surface area contributed by atoms with Crippen molar-refractivity contribution in [2.24, 2.45) is 11.8 Å². The molecule has 0 radical (unpaired) electrons. The van der Waals surface area contributed by atoms with Gasteiger partial charge in [0.1, 0.15) is 6.29 Å². The van der Waals surface area contributed by atoms with Crippen molar-refractivity contribution in [3.8, 4) is 0 Å². The second kappa shape index (κ2) is 5.69. The molecule has 2 nitrogen and oxygen atoms in total. The molecule has 0 heterocycles. The van der Waals surface area contributed by atoms with Crippen LogP contribution in [-0.4, -0.2) is 19.5 Å². The van der Waals surface area contributed by atoms with Crippen LogP contribution in [0.25, 0.3) is 0 Å². The Hall–Kier alpha value is -1.15. The Balaban J connectivity index is 2.01. The minimum absolute atomic E-state index is 0.0659. The van der Waals surface area contributed by atoms with E-state index in [2.05, 4.69) is 52.8 Å². The van der Waals surface area contributed by atoms with Gasteiger partial charge in [0.15, 0.2) is 0 Å². The monoisotopic (exact) mass is 328 g/mol. The standard InChI is InChI=1S/C22H32O2/c1-7-24-14-19-18(13-23)22(19,6)15-8-9-16-17(12-15)21(4,5)11-10-20(16,2)3/h8-9,12-13,18-19H,7,10-11,14H2,1-6H3/t18-,19+,22-/m1/s1. The van der Waals surface area contributed by atoms with Crippen molar-refractivity contribution in [1.82, 2.24) is 0 Å². The lowest BCUT2D eigenvalue weighted by molar-refractivity contribution is -0.109. The number of carbonyl (C=O) groups is 1. The highest BCUT2D eigenvalue weighted by molar-refractivity contribution is 5.66. The molecular formula is C22H32O2. The van der Waals surface area contributed by atoms with Crippen molar-refractivity contribution in [2.75, 3.05) is 13.2 Å². The normalized spacial score (nSPS) is 32.9. The summed E-state index contributed by atoms with van der Waals surface area (Å²) in [5.74, 6) is 0.398. The van der Waals surface area contributed by atoms with Gasteiger partial charge >= 0.3 is 0 Å². The maximum Gasteiger partial charge on any atom is 0.124 e. The highest BCUT2D eigenvalue weighted by Crippen LogP contribution is 2.59. The van der Waals surface area contributed by atoms with Crippen LogP contribution in [0.2, 0.25) is 0 Å². The first-order valence-corrected chi connectivity index (χ1v) is 9.37. The minimum Gasteiger partial charge on any atom is -0.381 e. The quantitative estimate of drug-likeness (QED) is 0.727. The summed E-state index contributed by atoms with van der Waals surface area (Å²) in [6.45, 7) is 15.1. The summed E-state index contributed by atoms with van der Waals surface area (Å²) in [5.41, 5.74) is 4.65. The maximum absolute atomic E-state index is 11.6. The van der Waals surface area contributed by atoms with Gasteiger partial charge in [-0.1, -0.05) is 52.8 Å². The topological polar surface area (TPSA) is 26.3 Å². The molecule has 3 rings (SSSR count). The molecule has 2 aliphatic rings. The molecule has 2 aliphatic carbocycles. The Morgan fingerprint density at radius 2 is 1.71 bits per heavy atom. The van der Waals surface area contributed by atoms with E-state index >= 15 is 0 Å². The molecule has 0 aliphatic heterocycles. The number of hydrogen-bond acceptors (Lipinski definition) is 2. The zero-order valence-corrected chi connectivity index (χ0v) is 16.1. The van der Waals surface area contributed by atoms with Gasteiger partial charge in [0.25, 0.3) is 0 Å². The molecule has 0 amide bonds. The lowest BCUT2D eigenvalue weighted by Crippen LogP contribution is -2.34. The highest BCUT2D eigenvalue weighted by Gasteiger charge is 2.62. The van der Waals surface area contributed by atoms with Crippen molar-refractivity contribution in [3.05, 3.63) is 34.9 Å². The number of hydrogen-bond donors (Lipinski definition) is 0. The first-order chi connectivity index (χ1) is 11.2. The van der Waals surface area contributed by atoms with Gasteiger partial charge in [-0.05, 0) is 47.3 Å². The van der Waals surface area contributed by atoms with Crippen LogP contribution in [-0.2, 0) is 25.8 Å². The number of aldehydes is 1. The van der Waals surface area contributed by atoms with Gasteiger partial charge in [0, 0.05) is 23.9 Å². The lowest BCUT2D eigenvalue weighted by atomic mass is 9.62. The predicted octanol–water partition coefficient (Wildman–Crippen LogP) is 4.77. The molecular weight excluding hydrogens is 296 g/mol. The summed E-state index contributed by atoms with van der Waals surface area (Å²) in [6, 6.07) is 7.00. The van der Waals surface area contributed by atoms with Gasteiger partial charge in [0.05, 0.1) is 6.61 Å². The third-order valence-corrected chi connectivity index (χ3v) is 6.91. The smallest absolute Gasteiger partial charge is 0.124 e. The molecule has 1 fully saturated rings. The Labute approximate surface area is 147 Å². The van der Waals surface area contributed by atoms with Crippen LogP contribution in [0, 0.1) is 11.8 Å². The molecule has 1 aromatic rings. The Kier molecular flexibility index (Phi) is 4.19. The molecule has 2 heteroatoms. The molecule has 1 aromatic carbocycles. The number of ether oxygens (including phenoxy) is 1. The van der Waals surface area contributed by atoms with E-state index in [1.807, 2.05) is 6.92 Å². The van der Waals surface area contributed by atoms with E-state index in [1.165, 1.54) is 29.5 Å². The lowest BCUT2D eigenvalue weighted by Gasteiger charge is -2.42. The fraction of sp³-hybridized carbons (Fsp3) is 0.682. The second-order valence-corrected chi connectivity index (χ2v) is 9.24. The molecule has 0 spiro atoms. The van der Waals surface area contributed by atoms with E-state index in [0.717, 1.165) is 6.29 Å². The van der Waals surface area contributed by atoms with Crippen LogP contribution in [0.4, 0.5) is 0 Å². The zero-order valence-electron chi connectivity index (χ0n) is 16.1. The third-order valence-electron chi connectivity index (χ3n) is 6.91. The minimum atomic E-state index is -0.0659. The molecule has 1 saturated carbocycles. The predicted molar refractivity (Wildman–Crippen MR) is 98.6 cm³/mol. The van der Waals surface area contributed by atoms with Crippen molar-refractivity contribution >= 4 is 6.29 Å². The SMILES string of the molecule is CCOC[C@H]1[C@@H](C=O)[C@@]1(C)c1ccc2c(c1)C(C)(C)CCC2(C)C. The van der Waals surface area contributed by atoms with E-state index < -0.39 is 0 Å². The summed E-state index contributed by atoms with van der Waals surface area (Å²) in [6.07, 6.45) is 3.58. The Bertz CT molecular complexity index is 643. The number of benzene rings is 1. The van der Waals surface area contributed by atoms with Crippen LogP contribution in [0.3, 0.4) is 0 Å². The molecule has 0 bridgehead atoms. The Morgan fingerprint density at radius 1 is 1.08 bits per heavy atom. The largest absolute Gasteiger partial charge is 0.381 e. The molecule has 0 saturated heterocycles. The Morgan fingerprint density at radius 3 is 2.29 bits per heavy atom. The molecule has 24 heavy (non-hydrogen) atoms. The van der Waals surface area contributed by atoms with E-state index in [4.69, 9.17) is 4.74 Å². The average molecular weight is 328 g/mol. The van der Waals surface area contributed by atoms with Gasteiger partial charge in [-0.2, -0.15) is 0 Å². The van der Waals surface area contributed by atoms with Crippen LogP contribution >= 0.6 is 0 Å². The highest BCUT2D eigenvalue weighted by atomic mass is 16.5. The number of rotatable bonds is 5. The van der Waals surface area contributed by atoms with Crippen LogP contribution in [0.15, 0.2) is 18.2 Å². The second-order valence-electron chi connectivity index (χ2n) is 9.24. The van der Waals surface area contributed by atoms with Gasteiger partial charge < -0.3 is 9.53 Å². The van der Waals surface area contributed by atoms with Crippen LogP contribution < -0.4 is 0 Å². The van der Waals surface area contributed by atoms with Crippen molar-refractivity contribution < 1.29 is 9.53 Å². The first kappa shape index (κ1) is 17.7. The molecule has 132 valence electrons. The van der Waals surface area contributed by atoms with Gasteiger partial charge in [-0.15, -0.1) is 0 Å². The number of carbonyl (C=O) groups excluding carboxylic acids is 1. The summed E-state index contributed by atoms with van der Waals surface area (Å²) in [7, 11) is 0. The summed E-state index contributed by atoms with van der Waals surface area (Å²) < 4.78 is 5.63. The van der Waals surface area contributed by atoms with E-state index in [0.29, 0.717) is 19.1 Å². The molecule has 0 unspecified atom stereocenters. The third kappa shape index (κ3) is 2.54. The zero-order chi connectivity index (χ0) is 17.8. The van der Waals surface area contributed by atoms with Crippen molar-refractivity contribution in [1.29, 1.82) is 0 Å². The molecule has 3 atom stereocenters. The molecule has 0 N–H and O–H groups in total. The number of fused-ring (bicyclic) bond motifs is 1. The average Bonchev–Trinajstić information content (AvgIpc) is 3.14. The fourth-order valence-electron chi connectivity index (χ4n) is 4.73. The van der Waals surface area contributed by atoms with Gasteiger partial charge in [-0.3, -0.25) is 0 Å². The van der Waals surface area contributed by atoms with E-state index in [1.54, 1.807) is 0 Å². The molecule has 0 aromatic heterocycles. The van der Waals surface area contributed by atoms with Crippen molar-refractivity contribution in [2.45, 2.75) is 70.6 Å².